The van der Waals surface area contributed by atoms with E-state index in [2.05, 4.69) is 15.6 Å². The second-order valence-electron chi connectivity index (χ2n) is 9.88. The Morgan fingerprint density at radius 3 is 2.19 bits per heavy atom. The van der Waals surface area contributed by atoms with Crippen LogP contribution in [0.4, 0.5) is 10.5 Å². The molecule has 2 heterocycles. The molecule has 2 unspecified atom stereocenters. The number of nitrogens with zero attached hydrogens (tertiary/aromatic N) is 2. The lowest BCUT2D eigenvalue weighted by Crippen LogP contribution is -2.45. The van der Waals surface area contributed by atoms with E-state index in [0.717, 1.165) is 23.1 Å². The van der Waals surface area contributed by atoms with E-state index in [1.54, 1.807) is 24.5 Å². The lowest BCUT2D eigenvalue weighted by atomic mass is 10.1. The van der Waals surface area contributed by atoms with Crippen LogP contribution < -0.4 is 10.6 Å². The Hall–Kier alpha value is -4.63. The fourth-order valence-corrected chi connectivity index (χ4v) is 6.10. The molecule has 5 rings (SSSR count). The molecule has 1 aliphatic rings. The number of hydrogen-bond acceptors (Lipinski definition) is 6. The zero-order valence-electron chi connectivity index (χ0n) is 23.0. The van der Waals surface area contributed by atoms with Crippen molar-refractivity contribution in [3.63, 3.8) is 0 Å². The molecule has 0 radical (unpaired) electrons. The van der Waals surface area contributed by atoms with Crippen molar-refractivity contribution in [1.82, 2.24) is 15.2 Å². The van der Waals surface area contributed by atoms with Gasteiger partial charge in [-0.2, -0.15) is 0 Å². The van der Waals surface area contributed by atoms with Crippen LogP contribution in [0.2, 0.25) is 0 Å². The van der Waals surface area contributed by atoms with Crippen LogP contribution in [0.25, 0.3) is 0 Å². The van der Waals surface area contributed by atoms with Crippen LogP contribution >= 0.6 is 11.8 Å². The topological polar surface area (TPSA) is 101 Å². The molecule has 0 spiro atoms. The molecule has 214 valence electrons. The van der Waals surface area contributed by atoms with Gasteiger partial charge in [-0.15, -0.1) is 11.8 Å². The normalized spacial score (nSPS) is 16.0. The average Bonchev–Trinajstić information content (AvgIpc) is 3.48. The van der Waals surface area contributed by atoms with Gasteiger partial charge in [0.15, 0.2) is 0 Å². The molecule has 0 bridgehead atoms. The van der Waals surface area contributed by atoms with E-state index in [1.165, 1.54) is 22.2 Å². The van der Waals surface area contributed by atoms with Crippen molar-refractivity contribution in [3.8, 4) is 0 Å². The van der Waals surface area contributed by atoms with Gasteiger partial charge in [-0.05, 0) is 52.9 Å². The first-order valence-electron chi connectivity index (χ1n) is 13.8. The number of anilines is 1. The van der Waals surface area contributed by atoms with Gasteiger partial charge in [-0.1, -0.05) is 72.8 Å². The van der Waals surface area contributed by atoms with Gasteiger partial charge < -0.3 is 15.4 Å². The number of carbonyl (C=O) groups excluding carboxylic acids is 3. The summed E-state index contributed by atoms with van der Waals surface area (Å²) < 4.78 is 5.64. The van der Waals surface area contributed by atoms with Crippen LogP contribution in [0.15, 0.2) is 109 Å². The summed E-state index contributed by atoms with van der Waals surface area (Å²) in [5.74, 6) is 0.0557. The number of pyridine rings is 1. The number of ether oxygens (including phenoxy) is 1. The second kappa shape index (κ2) is 14.3. The van der Waals surface area contributed by atoms with Crippen molar-refractivity contribution >= 4 is 35.4 Å². The zero-order valence-corrected chi connectivity index (χ0v) is 23.8. The maximum absolute atomic E-state index is 13.4. The summed E-state index contributed by atoms with van der Waals surface area (Å²) in [6.45, 7) is 0.681. The molecule has 1 saturated heterocycles. The fourth-order valence-electron chi connectivity index (χ4n) is 4.68. The highest BCUT2D eigenvalue weighted by molar-refractivity contribution is 7.99. The van der Waals surface area contributed by atoms with E-state index in [0.29, 0.717) is 18.0 Å². The number of carbonyl (C=O) groups is 3. The lowest BCUT2D eigenvalue weighted by molar-refractivity contribution is -0.121. The van der Waals surface area contributed by atoms with Crippen molar-refractivity contribution in [2.24, 2.45) is 0 Å². The third-order valence-electron chi connectivity index (χ3n) is 6.88. The van der Waals surface area contributed by atoms with Gasteiger partial charge in [0.2, 0.25) is 11.8 Å². The summed E-state index contributed by atoms with van der Waals surface area (Å²) in [5, 5.41) is 5.51. The minimum atomic E-state index is -0.730. The molecule has 2 atom stereocenters. The maximum Gasteiger partial charge on any atom is 0.412 e. The lowest BCUT2D eigenvalue weighted by Gasteiger charge is -2.28. The minimum absolute atomic E-state index is 0.0579. The first-order valence-corrected chi connectivity index (χ1v) is 14.8. The number of hydrogen-bond donors (Lipinski definition) is 2. The molecule has 42 heavy (non-hydrogen) atoms. The molecule has 8 nitrogen and oxygen atoms in total. The molecule has 1 fully saturated rings. The Kier molecular flexibility index (Phi) is 9.85. The highest BCUT2D eigenvalue weighted by atomic mass is 32.2. The molecule has 3 amide bonds. The smallest absolute Gasteiger partial charge is 0.412 e. The van der Waals surface area contributed by atoms with Crippen molar-refractivity contribution in [1.29, 1.82) is 0 Å². The van der Waals surface area contributed by atoms with Crippen LogP contribution in [0.1, 0.15) is 27.6 Å². The van der Waals surface area contributed by atoms with Crippen LogP contribution in [0, 0.1) is 0 Å². The average molecular weight is 581 g/mol. The summed E-state index contributed by atoms with van der Waals surface area (Å²) >= 11 is 1.51. The Bertz CT molecular complexity index is 1470. The van der Waals surface area contributed by atoms with Crippen LogP contribution in [-0.2, 0) is 33.8 Å². The molecule has 4 aromatic rings. The molecule has 0 aliphatic carbocycles. The predicted molar refractivity (Wildman–Crippen MR) is 164 cm³/mol. The van der Waals surface area contributed by atoms with E-state index in [1.807, 2.05) is 84.9 Å². The Morgan fingerprint density at radius 2 is 1.50 bits per heavy atom. The van der Waals surface area contributed by atoms with E-state index in [9.17, 15) is 14.4 Å². The summed E-state index contributed by atoms with van der Waals surface area (Å²) in [7, 11) is 0. The Labute approximate surface area is 249 Å². The van der Waals surface area contributed by atoms with Gasteiger partial charge in [0.1, 0.15) is 18.0 Å². The van der Waals surface area contributed by atoms with Crippen molar-refractivity contribution in [2.75, 3.05) is 17.6 Å². The third kappa shape index (κ3) is 7.76. The summed E-state index contributed by atoms with van der Waals surface area (Å²) in [4.78, 5) is 44.7. The SMILES string of the molecule is O=C(Cc1ccc(NC(=O)C2CSC(c3ccncc3)N2C(=O)OCc2ccccc2)cc1)NCCc1ccccc1. The van der Waals surface area contributed by atoms with E-state index >= 15 is 0 Å². The molecule has 0 saturated carbocycles. The molecular weight excluding hydrogens is 548 g/mol. The van der Waals surface area contributed by atoms with Crippen LogP contribution in [-0.4, -0.2) is 46.1 Å². The van der Waals surface area contributed by atoms with Gasteiger partial charge in [0.05, 0.1) is 6.42 Å². The fraction of sp³-hybridized carbons (Fsp3) is 0.212. The Morgan fingerprint density at radius 1 is 0.833 bits per heavy atom. The van der Waals surface area contributed by atoms with Crippen LogP contribution in [0.5, 0.6) is 0 Å². The Balaban J connectivity index is 1.18. The van der Waals surface area contributed by atoms with Crippen molar-refractivity contribution in [2.45, 2.75) is 30.9 Å². The molecule has 3 aromatic carbocycles. The predicted octanol–water partition coefficient (Wildman–Crippen LogP) is 5.37. The summed E-state index contributed by atoms with van der Waals surface area (Å²) in [5.41, 5.74) is 4.33. The third-order valence-corrected chi connectivity index (χ3v) is 8.20. The van der Waals surface area contributed by atoms with Crippen molar-refractivity contribution < 1.29 is 19.1 Å². The molecule has 9 heteroatoms. The zero-order chi connectivity index (χ0) is 29.1. The molecule has 2 N–H and O–H groups in total. The molecular formula is C33H32N4O4S. The largest absolute Gasteiger partial charge is 0.444 e. The number of rotatable bonds is 10. The first-order chi connectivity index (χ1) is 20.6. The number of benzene rings is 3. The van der Waals surface area contributed by atoms with E-state index in [-0.39, 0.29) is 30.2 Å². The minimum Gasteiger partial charge on any atom is -0.444 e. The van der Waals surface area contributed by atoms with Gasteiger partial charge in [-0.3, -0.25) is 19.5 Å². The number of aromatic nitrogens is 1. The standard InChI is InChI=1S/C33H32N4O4S/c38-30(35-20-15-24-7-3-1-4-8-24)21-25-11-13-28(14-12-25)36-31(39)29-23-42-32(27-16-18-34-19-17-27)37(29)33(40)41-22-26-9-5-2-6-10-26/h1-14,16-19,29,32H,15,20-23H2,(H,35,38)(H,36,39). The highest BCUT2D eigenvalue weighted by Gasteiger charge is 2.43. The highest BCUT2D eigenvalue weighted by Crippen LogP contribution is 2.42. The maximum atomic E-state index is 13.4. The van der Waals surface area contributed by atoms with Gasteiger partial charge in [0.25, 0.3) is 0 Å². The monoisotopic (exact) mass is 580 g/mol. The van der Waals surface area contributed by atoms with E-state index in [4.69, 9.17) is 4.74 Å². The van der Waals surface area contributed by atoms with Gasteiger partial charge in [-0.25, -0.2) is 4.79 Å². The van der Waals surface area contributed by atoms with Gasteiger partial charge in [0, 0.05) is 30.4 Å². The van der Waals surface area contributed by atoms with Crippen LogP contribution in [0.3, 0.4) is 0 Å². The van der Waals surface area contributed by atoms with Crippen molar-refractivity contribution in [3.05, 3.63) is 132 Å². The number of thioether (sulfide) groups is 1. The number of nitrogens with one attached hydrogen (secondary N) is 2. The summed E-state index contributed by atoms with van der Waals surface area (Å²) in [6, 6.07) is 29.6. The van der Waals surface area contributed by atoms with Gasteiger partial charge >= 0.3 is 6.09 Å². The summed E-state index contributed by atoms with van der Waals surface area (Å²) in [6.07, 6.45) is 3.80. The van der Waals surface area contributed by atoms with E-state index < -0.39 is 12.1 Å². The molecule has 1 aliphatic heterocycles. The second-order valence-corrected chi connectivity index (χ2v) is 11.0. The molecule has 1 aromatic heterocycles. The first kappa shape index (κ1) is 28.9. The quantitative estimate of drug-likeness (QED) is 0.262. The number of amides is 3.